The predicted molar refractivity (Wildman–Crippen MR) is 161 cm³/mol. The molecule has 1 N–H and O–H groups in total. The van der Waals surface area contributed by atoms with Crippen LogP contribution in [0, 0.1) is 0 Å². The van der Waals surface area contributed by atoms with Crippen molar-refractivity contribution in [2.75, 3.05) is 37.9 Å². The molecular weight excluding hydrogens is 542 g/mol. The predicted octanol–water partition coefficient (Wildman–Crippen LogP) is 4.03. The van der Waals surface area contributed by atoms with Crippen LogP contribution >= 0.6 is 0 Å². The molecule has 3 rings (SSSR count). The van der Waals surface area contributed by atoms with Crippen LogP contribution in [0.15, 0.2) is 78.9 Å². The number of amides is 2. The van der Waals surface area contributed by atoms with Gasteiger partial charge >= 0.3 is 0 Å². The molecule has 0 fully saturated rings. The van der Waals surface area contributed by atoms with E-state index in [1.54, 1.807) is 36.3 Å². The van der Waals surface area contributed by atoms with Crippen molar-refractivity contribution in [1.29, 1.82) is 0 Å². The Morgan fingerprint density at radius 1 is 0.878 bits per heavy atom. The summed E-state index contributed by atoms with van der Waals surface area (Å²) in [6, 6.07) is 23.0. The first-order chi connectivity index (χ1) is 19.7. The maximum absolute atomic E-state index is 13.8. The summed E-state index contributed by atoms with van der Waals surface area (Å²) in [5.74, 6) is 0.679. The molecule has 2 amide bonds. The van der Waals surface area contributed by atoms with E-state index in [2.05, 4.69) is 5.32 Å². The van der Waals surface area contributed by atoms with Gasteiger partial charge in [-0.3, -0.25) is 13.9 Å². The van der Waals surface area contributed by atoms with Crippen molar-refractivity contribution < 1.29 is 27.5 Å². The molecule has 0 bridgehead atoms. The number of nitrogens with one attached hydrogen (secondary N) is 1. The Bertz CT molecular complexity index is 1400. The van der Waals surface area contributed by atoms with E-state index in [0.29, 0.717) is 30.2 Å². The zero-order valence-electron chi connectivity index (χ0n) is 24.1. The van der Waals surface area contributed by atoms with Gasteiger partial charge in [-0.1, -0.05) is 48.5 Å². The Kier molecular flexibility index (Phi) is 11.6. The fourth-order valence-electron chi connectivity index (χ4n) is 4.58. The number of benzene rings is 3. The van der Waals surface area contributed by atoms with Crippen molar-refractivity contribution in [3.05, 3.63) is 90.0 Å². The second-order valence-corrected chi connectivity index (χ2v) is 11.5. The molecule has 3 aromatic rings. The van der Waals surface area contributed by atoms with Gasteiger partial charge in [0, 0.05) is 38.5 Å². The molecule has 10 heteroatoms. The summed E-state index contributed by atoms with van der Waals surface area (Å²) in [6.07, 6.45) is 1.77. The second-order valence-electron chi connectivity index (χ2n) is 9.61. The van der Waals surface area contributed by atoms with E-state index >= 15 is 0 Å². The van der Waals surface area contributed by atoms with Gasteiger partial charge in [0.15, 0.2) is 0 Å². The molecule has 0 saturated heterocycles. The van der Waals surface area contributed by atoms with Gasteiger partial charge in [0.1, 0.15) is 17.5 Å². The molecule has 0 aromatic heterocycles. The number of rotatable bonds is 15. The summed E-state index contributed by atoms with van der Waals surface area (Å²) >= 11 is 0. The van der Waals surface area contributed by atoms with E-state index < -0.39 is 16.1 Å². The molecule has 0 aliphatic rings. The number of carbonyl (C=O) groups excluding carboxylic acids is 2. The molecule has 0 radical (unpaired) electrons. The minimum absolute atomic E-state index is 0.0463. The lowest BCUT2D eigenvalue weighted by Gasteiger charge is -2.32. The van der Waals surface area contributed by atoms with Gasteiger partial charge in [-0.2, -0.15) is 0 Å². The minimum Gasteiger partial charge on any atom is -0.497 e. The number of hydrogen-bond acceptors (Lipinski definition) is 6. The summed E-state index contributed by atoms with van der Waals surface area (Å²) in [5, 5.41) is 2.88. The molecular formula is C31H39N3O6S. The van der Waals surface area contributed by atoms with E-state index in [1.165, 1.54) is 11.4 Å². The van der Waals surface area contributed by atoms with Crippen LogP contribution in [0.3, 0.4) is 0 Å². The highest BCUT2D eigenvalue weighted by Crippen LogP contribution is 2.24. The lowest BCUT2D eigenvalue weighted by Crippen LogP contribution is -2.50. The van der Waals surface area contributed by atoms with Crippen molar-refractivity contribution >= 4 is 27.5 Å². The summed E-state index contributed by atoms with van der Waals surface area (Å²) in [6.45, 7) is 2.55. The van der Waals surface area contributed by atoms with Crippen LogP contribution in [0.25, 0.3) is 0 Å². The summed E-state index contributed by atoms with van der Waals surface area (Å²) < 4.78 is 37.2. The third-order valence-electron chi connectivity index (χ3n) is 6.60. The first-order valence-electron chi connectivity index (χ1n) is 13.5. The van der Waals surface area contributed by atoms with Crippen molar-refractivity contribution in [3.63, 3.8) is 0 Å². The zero-order chi connectivity index (χ0) is 29.8. The number of sulfonamides is 1. The number of nitrogens with zero attached hydrogens (tertiary/aromatic N) is 2. The van der Waals surface area contributed by atoms with Crippen LogP contribution in [0.4, 0.5) is 5.69 Å². The Hall–Kier alpha value is -4.05. The van der Waals surface area contributed by atoms with Crippen LogP contribution in [0.1, 0.15) is 30.9 Å². The molecule has 41 heavy (non-hydrogen) atoms. The molecule has 1 atom stereocenters. The third kappa shape index (κ3) is 9.24. The average molecular weight is 582 g/mol. The highest BCUT2D eigenvalue weighted by atomic mass is 32.2. The van der Waals surface area contributed by atoms with E-state index in [9.17, 15) is 18.0 Å². The molecule has 0 heterocycles. The second kappa shape index (κ2) is 15.1. The van der Waals surface area contributed by atoms with Gasteiger partial charge in [0.25, 0.3) is 0 Å². The summed E-state index contributed by atoms with van der Waals surface area (Å²) in [5.41, 5.74) is 2.19. The van der Waals surface area contributed by atoms with Crippen molar-refractivity contribution in [1.82, 2.24) is 10.2 Å². The van der Waals surface area contributed by atoms with Crippen molar-refractivity contribution in [2.24, 2.45) is 0 Å². The molecule has 0 aliphatic heterocycles. The SMILES string of the molecule is CCNC(=O)[C@@H](Cc1ccccc1)N(Cc1cccc(OC)c1)C(=O)CCCN(c1cccc(OC)c1)S(C)(=O)=O. The number of ether oxygens (including phenoxy) is 2. The quantitative estimate of drug-likeness (QED) is 0.291. The number of likely N-dealkylation sites (N-methyl/N-ethyl adjacent to an activating group) is 1. The lowest BCUT2D eigenvalue weighted by molar-refractivity contribution is -0.141. The summed E-state index contributed by atoms with van der Waals surface area (Å²) in [7, 11) is -0.532. The van der Waals surface area contributed by atoms with Crippen LogP contribution in [0.2, 0.25) is 0 Å². The van der Waals surface area contributed by atoms with Gasteiger partial charge in [0.05, 0.1) is 26.2 Å². The fourth-order valence-corrected chi connectivity index (χ4v) is 5.54. The first-order valence-corrected chi connectivity index (χ1v) is 15.4. The molecule has 9 nitrogen and oxygen atoms in total. The van der Waals surface area contributed by atoms with E-state index in [0.717, 1.165) is 17.4 Å². The number of hydrogen-bond donors (Lipinski definition) is 1. The lowest BCUT2D eigenvalue weighted by atomic mass is 10.0. The molecule has 0 unspecified atom stereocenters. The van der Waals surface area contributed by atoms with Gasteiger partial charge in [-0.25, -0.2) is 8.42 Å². The van der Waals surface area contributed by atoms with Crippen LogP contribution < -0.4 is 19.1 Å². The van der Waals surface area contributed by atoms with E-state index in [-0.39, 0.29) is 37.7 Å². The summed E-state index contributed by atoms with van der Waals surface area (Å²) in [4.78, 5) is 28.8. The minimum atomic E-state index is -3.62. The van der Waals surface area contributed by atoms with E-state index in [4.69, 9.17) is 9.47 Å². The average Bonchev–Trinajstić information content (AvgIpc) is 2.97. The van der Waals surface area contributed by atoms with Crippen molar-refractivity contribution in [3.8, 4) is 11.5 Å². The fraction of sp³-hybridized carbons (Fsp3) is 0.355. The maximum Gasteiger partial charge on any atom is 0.243 e. The van der Waals surface area contributed by atoms with Crippen LogP contribution in [-0.2, 0) is 32.6 Å². The molecule has 0 spiro atoms. The van der Waals surface area contributed by atoms with Gasteiger partial charge in [0.2, 0.25) is 21.8 Å². The number of methoxy groups -OCH3 is 2. The smallest absolute Gasteiger partial charge is 0.243 e. The normalized spacial score (nSPS) is 11.8. The number of carbonyl (C=O) groups is 2. The molecule has 0 aliphatic carbocycles. The Balaban J connectivity index is 1.88. The molecule has 220 valence electrons. The topological polar surface area (TPSA) is 105 Å². The Morgan fingerprint density at radius 3 is 2.15 bits per heavy atom. The monoisotopic (exact) mass is 581 g/mol. The Morgan fingerprint density at radius 2 is 1.51 bits per heavy atom. The maximum atomic E-state index is 13.8. The standard InChI is InChI=1S/C31H39N3O6S/c1-5-32-31(36)29(21-24-12-7-6-8-13-24)33(23-25-14-9-16-27(20-25)39-2)30(35)18-11-19-34(41(4,37)38)26-15-10-17-28(22-26)40-3/h6-10,12-17,20,22,29H,5,11,18-19,21,23H2,1-4H3,(H,32,36)/t29-/m1/s1. The third-order valence-corrected chi connectivity index (χ3v) is 7.80. The zero-order valence-corrected chi connectivity index (χ0v) is 24.9. The highest BCUT2D eigenvalue weighted by Gasteiger charge is 2.30. The van der Waals surface area contributed by atoms with Gasteiger partial charge < -0.3 is 19.7 Å². The first kappa shape index (κ1) is 31.5. The van der Waals surface area contributed by atoms with E-state index in [1.807, 2.05) is 61.5 Å². The molecule has 0 saturated carbocycles. The highest BCUT2D eigenvalue weighted by molar-refractivity contribution is 7.92. The van der Waals surface area contributed by atoms with Crippen LogP contribution in [-0.4, -0.2) is 64.7 Å². The largest absolute Gasteiger partial charge is 0.497 e. The van der Waals surface area contributed by atoms with Gasteiger partial charge in [-0.05, 0) is 48.7 Å². The molecule has 3 aromatic carbocycles. The van der Waals surface area contributed by atoms with Gasteiger partial charge in [-0.15, -0.1) is 0 Å². The van der Waals surface area contributed by atoms with Crippen LogP contribution in [0.5, 0.6) is 11.5 Å². The number of anilines is 1. The van der Waals surface area contributed by atoms with Crippen molar-refractivity contribution in [2.45, 2.75) is 38.8 Å². The Labute approximate surface area is 243 Å².